The minimum absolute atomic E-state index is 0.473. The summed E-state index contributed by atoms with van der Waals surface area (Å²) in [6.07, 6.45) is 3.76. The summed E-state index contributed by atoms with van der Waals surface area (Å²) in [4.78, 5) is 20.8. The summed E-state index contributed by atoms with van der Waals surface area (Å²) in [6, 6.07) is 9.98. The first-order valence-electron chi connectivity index (χ1n) is 4.50. The number of carbonyl (C=O) groups is 2. The first-order valence-corrected chi connectivity index (χ1v) is 6.40. The van der Waals surface area contributed by atoms with Gasteiger partial charge < -0.3 is 9.59 Å². The van der Waals surface area contributed by atoms with Gasteiger partial charge in [-0.25, -0.2) is 0 Å². The van der Waals surface area contributed by atoms with Crippen molar-refractivity contribution in [2.24, 2.45) is 0 Å². The highest BCUT2D eigenvalue weighted by molar-refractivity contribution is 7.58. The van der Waals surface area contributed by atoms with Crippen LogP contribution in [0, 0.1) is 0 Å². The zero-order valence-electron chi connectivity index (χ0n) is 7.93. The van der Waals surface area contributed by atoms with Crippen molar-refractivity contribution in [3.8, 4) is 0 Å². The van der Waals surface area contributed by atoms with Gasteiger partial charge in [-0.05, 0) is 11.7 Å². The number of hydrogen-bond acceptors (Lipinski definition) is 2. The molecule has 0 saturated carbocycles. The van der Waals surface area contributed by atoms with Crippen molar-refractivity contribution in [3.63, 3.8) is 0 Å². The molecule has 0 unspecified atom stereocenters. The largest absolute Gasteiger partial charge is 0.303 e. The summed E-state index contributed by atoms with van der Waals surface area (Å²) in [5, 5.41) is 0. The Balaban J connectivity index is 2.54. The molecule has 0 aliphatic carbocycles. The van der Waals surface area contributed by atoms with Gasteiger partial charge in [-0.15, -0.1) is 0 Å². The third kappa shape index (κ3) is 3.80. The van der Waals surface area contributed by atoms with Gasteiger partial charge in [0.05, 0.1) is 0 Å². The van der Waals surface area contributed by atoms with Crippen LogP contribution < -0.4 is 0 Å². The van der Waals surface area contributed by atoms with Crippen molar-refractivity contribution in [2.45, 2.75) is 6.16 Å². The Hall–Kier alpha value is -1.01. The number of carbonyl (C=O) groups excluding carboxylic acids is 2. The van der Waals surface area contributed by atoms with Crippen LogP contribution in [0.4, 0.5) is 0 Å². The molecule has 0 N–H and O–H groups in total. The SMILES string of the molecule is O=CCP(CC=O)Cc1ccccc1. The van der Waals surface area contributed by atoms with Crippen molar-refractivity contribution < 1.29 is 9.59 Å². The molecular formula is C11H13O2P. The van der Waals surface area contributed by atoms with E-state index in [2.05, 4.69) is 0 Å². The highest BCUT2D eigenvalue weighted by Crippen LogP contribution is 2.37. The van der Waals surface area contributed by atoms with Crippen molar-refractivity contribution in [3.05, 3.63) is 35.9 Å². The molecule has 1 rings (SSSR count). The minimum Gasteiger partial charge on any atom is -0.303 e. The fourth-order valence-corrected chi connectivity index (χ4v) is 2.81. The first kappa shape index (κ1) is 11.1. The fourth-order valence-electron chi connectivity index (χ4n) is 1.26. The van der Waals surface area contributed by atoms with Crippen molar-refractivity contribution >= 4 is 20.5 Å². The predicted molar refractivity (Wildman–Crippen MR) is 58.9 cm³/mol. The molecule has 0 fully saturated rings. The van der Waals surface area contributed by atoms with Crippen LogP contribution in [0.25, 0.3) is 0 Å². The summed E-state index contributed by atoms with van der Waals surface area (Å²) in [5.41, 5.74) is 1.21. The molecule has 0 bridgehead atoms. The van der Waals surface area contributed by atoms with Gasteiger partial charge in [-0.2, -0.15) is 0 Å². The summed E-state index contributed by atoms with van der Waals surface area (Å²) in [7, 11) is -0.473. The molecule has 1 aromatic rings. The standard InChI is InChI=1S/C11H13O2P/c12-6-8-14(9-7-13)10-11-4-2-1-3-5-11/h1-7H,8-10H2. The number of benzene rings is 1. The highest BCUT2D eigenvalue weighted by Gasteiger charge is 2.06. The summed E-state index contributed by atoms with van der Waals surface area (Å²) in [5.74, 6) is 0. The summed E-state index contributed by atoms with van der Waals surface area (Å²) >= 11 is 0. The lowest BCUT2D eigenvalue weighted by atomic mass is 10.2. The Labute approximate surface area is 85.1 Å². The molecule has 1 aromatic carbocycles. The van der Waals surface area contributed by atoms with Crippen LogP contribution in [0.2, 0.25) is 0 Å². The van der Waals surface area contributed by atoms with Crippen LogP contribution in [0.5, 0.6) is 0 Å². The smallest absolute Gasteiger partial charge is 0.124 e. The van der Waals surface area contributed by atoms with E-state index in [0.717, 1.165) is 18.7 Å². The van der Waals surface area contributed by atoms with E-state index in [1.165, 1.54) is 5.56 Å². The lowest BCUT2D eigenvalue weighted by Crippen LogP contribution is -1.95. The molecule has 74 valence electrons. The van der Waals surface area contributed by atoms with Crippen LogP contribution in [-0.4, -0.2) is 24.9 Å². The summed E-state index contributed by atoms with van der Waals surface area (Å²) in [6.45, 7) is 0. The van der Waals surface area contributed by atoms with Gasteiger partial charge in [-0.1, -0.05) is 38.3 Å². The van der Waals surface area contributed by atoms with E-state index in [0.29, 0.717) is 12.3 Å². The van der Waals surface area contributed by atoms with E-state index in [1.807, 2.05) is 30.3 Å². The Morgan fingerprint density at radius 2 is 1.57 bits per heavy atom. The van der Waals surface area contributed by atoms with E-state index in [1.54, 1.807) is 0 Å². The molecule has 3 heteroatoms. The second kappa shape index (κ2) is 6.44. The van der Waals surface area contributed by atoms with Crippen LogP contribution in [0.15, 0.2) is 30.3 Å². The van der Waals surface area contributed by atoms with Crippen molar-refractivity contribution in [1.82, 2.24) is 0 Å². The Bertz CT molecular complexity index is 275. The quantitative estimate of drug-likeness (QED) is 0.529. The maximum Gasteiger partial charge on any atom is 0.124 e. The first-order chi connectivity index (χ1) is 6.86. The maximum absolute atomic E-state index is 10.4. The van der Waals surface area contributed by atoms with Gasteiger partial charge in [0.1, 0.15) is 12.6 Å². The van der Waals surface area contributed by atoms with Gasteiger partial charge in [0.25, 0.3) is 0 Å². The monoisotopic (exact) mass is 208 g/mol. The lowest BCUT2D eigenvalue weighted by molar-refractivity contribution is -0.106. The molecule has 0 aromatic heterocycles. The third-order valence-corrected chi connectivity index (χ3v) is 4.06. The van der Waals surface area contributed by atoms with Gasteiger partial charge >= 0.3 is 0 Å². The van der Waals surface area contributed by atoms with Crippen LogP contribution in [0.3, 0.4) is 0 Å². The molecule has 0 heterocycles. The van der Waals surface area contributed by atoms with Crippen molar-refractivity contribution in [2.75, 3.05) is 12.3 Å². The number of aldehydes is 2. The van der Waals surface area contributed by atoms with E-state index in [4.69, 9.17) is 0 Å². The second-order valence-electron chi connectivity index (χ2n) is 3.01. The van der Waals surface area contributed by atoms with E-state index < -0.39 is 7.92 Å². The zero-order chi connectivity index (χ0) is 10.2. The summed E-state index contributed by atoms with van der Waals surface area (Å²) < 4.78 is 0. The van der Waals surface area contributed by atoms with E-state index in [-0.39, 0.29) is 0 Å². The number of rotatable bonds is 6. The van der Waals surface area contributed by atoms with Crippen molar-refractivity contribution in [1.29, 1.82) is 0 Å². The molecule has 0 spiro atoms. The third-order valence-electron chi connectivity index (χ3n) is 1.91. The predicted octanol–water partition coefficient (Wildman–Crippen LogP) is 2.07. The van der Waals surface area contributed by atoms with Crippen LogP contribution in [-0.2, 0) is 15.8 Å². The Kier molecular flexibility index (Phi) is 5.09. The number of hydrogen-bond donors (Lipinski definition) is 0. The molecule has 0 aliphatic rings. The Morgan fingerprint density at radius 1 is 1.00 bits per heavy atom. The van der Waals surface area contributed by atoms with Gasteiger partial charge in [0, 0.05) is 12.3 Å². The molecule has 0 aliphatic heterocycles. The molecular weight excluding hydrogens is 195 g/mol. The van der Waals surface area contributed by atoms with Gasteiger partial charge in [0.15, 0.2) is 0 Å². The average molecular weight is 208 g/mol. The van der Waals surface area contributed by atoms with E-state index >= 15 is 0 Å². The fraction of sp³-hybridized carbons (Fsp3) is 0.273. The van der Waals surface area contributed by atoms with E-state index in [9.17, 15) is 9.59 Å². The molecule has 14 heavy (non-hydrogen) atoms. The topological polar surface area (TPSA) is 34.1 Å². The van der Waals surface area contributed by atoms with Crippen LogP contribution in [0.1, 0.15) is 5.56 Å². The zero-order valence-corrected chi connectivity index (χ0v) is 8.82. The molecule has 0 amide bonds. The van der Waals surface area contributed by atoms with Crippen LogP contribution >= 0.6 is 7.92 Å². The molecule has 0 saturated heterocycles. The lowest BCUT2D eigenvalue weighted by Gasteiger charge is -2.11. The molecule has 0 atom stereocenters. The average Bonchev–Trinajstić information content (AvgIpc) is 2.20. The minimum atomic E-state index is -0.473. The van der Waals surface area contributed by atoms with Gasteiger partial charge in [0.2, 0.25) is 0 Å². The maximum atomic E-state index is 10.4. The highest BCUT2D eigenvalue weighted by atomic mass is 31.1. The second-order valence-corrected chi connectivity index (χ2v) is 5.40. The Morgan fingerprint density at radius 3 is 2.07 bits per heavy atom. The normalized spacial score (nSPS) is 10.1. The molecule has 2 nitrogen and oxygen atoms in total. The molecule has 0 radical (unpaired) electrons. The van der Waals surface area contributed by atoms with Gasteiger partial charge in [-0.3, -0.25) is 0 Å².